The average molecular weight is 252 g/mol. The van der Waals surface area contributed by atoms with Gasteiger partial charge in [0.1, 0.15) is 6.61 Å². The summed E-state index contributed by atoms with van der Waals surface area (Å²) in [5.41, 5.74) is 1.14. The Kier molecular flexibility index (Phi) is 4.38. The zero-order valence-electron chi connectivity index (χ0n) is 11.0. The van der Waals surface area contributed by atoms with Crippen molar-refractivity contribution >= 4 is 5.91 Å². The third-order valence-electron chi connectivity index (χ3n) is 3.12. The maximum Gasteiger partial charge on any atom is 0.248 e. The molecule has 2 heterocycles. The van der Waals surface area contributed by atoms with Crippen LogP contribution in [0.2, 0.25) is 0 Å². The number of carbonyl (C=O) groups excluding carboxylic acids is 1. The van der Waals surface area contributed by atoms with Gasteiger partial charge in [-0.1, -0.05) is 0 Å². The van der Waals surface area contributed by atoms with Gasteiger partial charge in [0.2, 0.25) is 5.91 Å². The first-order valence-electron chi connectivity index (χ1n) is 6.27. The van der Waals surface area contributed by atoms with Crippen LogP contribution in [-0.4, -0.2) is 48.3 Å². The topological polar surface area (TPSA) is 43.7 Å². The number of aromatic nitrogens is 1. The zero-order chi connectivity index (χ0) is 13.0. The van der Waals surface area contributed by atoms with Crippen LogP contribution in [0.25, 0.3) is 0 Å². The molecule has 0 aromatic carbocycles. The molecule has 18 heavy (non-hydrogen) atoms. The van der Waals surface area contributed by atoms with Gasteiger partial charge in [0.15, 0.2) is 0 Å². The third-order valence-corrected chi connectivity index (χ3v) is 3.12. The van der Waals surface area contributed by atoms with Gasteiger partial charge in [-0.3, -0.25) is 4.79 Å². The van der Waals surface area contributed by atoms with Gasteiger partial charge in [0.25, 0.3) is 0 Å². The van der Waals surface area contributed by atoms with Crippen molar-refractivity contribution in [2.24, 2.45) is 0 Å². The van der Waals surface area contributed by atoms with Crippen molar-refractivity contribution in [1.82, 2.24) is 9.47 Å². The predicted molar refractivity (Wildman–Crippen MR) is 67.1 cm³/mol. The third kappa shape index (κ3) is 2.91. The number of fused-ring (bicyclic) bond motifs is 1. The minimum absolute atomic E-state index is 0.0110. The highest BCUT2D eigenvalue weighted by Crippen LogP contribution is 2.15. The highest BCUT2D eigenvalue weighted by molar-refractivity contribution is 5.77. The molecule has 2 rings (SSSR count). The van der Waals surface area contributed by atoms with E-state index >= 15 is 0 Å². The Labute approximate surface area is 107 Å². The second-order valence-corrected chi connectivity index (χ2v) is 4.44. The molecule has 5 nitrogen and oxygen atoms in total. The SMILES string of the molecule is CCO[C@@H]1CN(C(=O)COC)Cc2cccn2C1. The highest BCUT2D eigenvalue weighted by atomic mass is 16.5. The molecule has 0 saturated carbocycles. The van der Waals surface area contributed by atoms with Gasteiger partial charge in [-0.05, 0) is 19.1 Å². The Morgan fingerprint density at radius 1 is 1.50 bits per heavy atom. The van der Waals surface area contributed by atoms with E-state index in [1.807, 2.05) is 30.2 Å². The van der Waals surface area contributed by atoms with Gasteiger partial charge in [0.05, 0.1) is 19.2 Å². The van der Waals surface area contributed by atoms with Crippen molar-refractivity contribution < 1.29 is 14.3 Å². The van der Waals surface area contributed by atoms with E-state index in [4.69, 9.17) is 9.47 Å². The first-order valence-corrected chi connectivity index (χ1v) is 6.27. The maximum atomic E-state index is 12.0. The summed E-state index contributed by atoms with van der Waals surface area (Å²) in [6, 6.07) is 4.05. The molecular formula is C13H20N2O3. The number of rotatable bonds is 4. The number of nitrogens with zero attached hydrogens (tertiary/aromatic N) is 2. The highest BCUT2D eigenvalue weighted by Gasteiger charge is 2.24. The van der Waals surface area contributed by atoms with Crippen LogP contribution in [-0.2, 0) is 27.4 Å². The van der Waals surface area contributed by atoms with Crippen molar-refractivity contribution in [3.05, 3.63) is 24.0 Å². The van der Waals surface area contributed by atoms with Crippen LogP contribution < -0.4 is 0 Å². The van der Waals surface area contributed by atoms with E-state index in [2.05, 4.69) is 4.57 Å². The molecule has 0 aliphatic carbocycles. The van der Waals surface area contributed by atoms with Crippen molar-refractivity contribution in [1.29, 1.82) is 0 Å². The van der Waals surface area contributed by atoms with Crippen LogP contribution in [0.4, 0.5) is 0 Å². The molecule has 0 spiro atoms. The summed E-state index contributed by atoms with van der Waals surface area (Å²) in [5, 5.41) is 0. The summed E-state index contributed by atoms with van der Waals surface area (Å²) >= 11 is 0. The van der Waals surface area contributed by atoms with Crippen molar-refractivity contribution in [2.75, 3.05) is 26.9 Å². The quantitative estimate of drug-likeness (QED) is 0.799. The fraction of sp³-hybridized carbons (Fsp3) is 0.615. The van der Waals surface area contributed by atoms with Crippen LogP contribution in [0, 0.1) is 0 Å². The molecule has 1 aromatic heterocycles. The number of methoxy groups -OCH3 is 1. The summed E-state index contributed by atoms with van der Waals surface area (Å²) in [7, 11) is 1.54. The van der Waals surface area contributed by atoms with Crippen LogP contribution in [0.15, 0.2) is 18.3 Å². The van der Waals surface area contributed by atoms with E-state index in [9.17, 15) is 4.79 Å². The Morgan fingerprint density at radius 2 is 2.33 bits per heavy atom. The van der Waals surface area contributed by atoms with E-state index in [1.54, 1.807) is 7.11 Å². The first-order chi connectivity index (χ1) is 8.74. The lowest BCUT2D eigenvalue weighted by Gasteiger charge is -2.23. The second kappa shape index (κ2) is 6.02. The molecule has 5 heteroatoms. The van der Waals surface area contributed by atoms with Gasteiger partial charge in [0, 0.05) is 32.2 Å². The largest absolute Gasteiger partial charge is 0.375 e. The van der Waals surface area contributed by atoms with E-state index < -0.39 is 0 Å². The van der Waals surface area contributed by atoms with Gasteiger partial charge >= 0.3 is 0 Å². The Morgan fingerprint density at radius 3 is 3.06 bits per heavy atom. The molecule has 0 fully saturated rings. The number of ether oxygens (including phenoxy) is 2. The number of carbonyl (C=O) groups is 1. The fourth-order valence-corrected chi connectivity index (χ4v) is 2.30. The van der Waals surface area contributed by atoms with E-state index in [-0.39, 0.29) is 18.6 Å². The standard InChI is InChI=1S/C13H20N2O3/c1-3-18-12-8-14-6-4-5-11(14)7-15(9-12)13(16)10-17-2/h4-6,12H,3,7-10H2,1-2H3/t12-/m0/s1. The molecule has 1 aliphatic rings. The average Bonchev–Trinajstić information content (AvgIpc) is 2.69. The lowest BCUT2D eigenvalue weighted by atomic mass is 10.3. The maximum absolute atomic E-state index is 12.0. The summed E-state index contributed by atoms with van der Waals surface area (Å²) in [6.07, 6.45) is 2.08. The summed E-state index contributed by atoms with van der Waals surface area (Å²) in [5.74, 6) is 0.0110. The molecule has 0 unspecified atom stereocenters. The summed E-state index contributed by atoms with van der Waals surface area (Å²) in [4.78, 5) is 13.8. The number of hydrogen-bond donors (Lipinski definition) is 0. The Bertz CT molecular complexity index is 403. The monoisotopic (exact) mass is 252 g/mol. The minimum Gasteiger partial charge on any atom is -0.375 e. The lowest BCUT2D eigenvalue weighted by Crippen LogP contribution is -2.39. The van der Waals surface area contributed by atoms with Crippen LogP contribution in [0.5, 0.6) is 0 Å². The number of amides is 1. The molecule has 100 valence electrons. The van der Waals surface area contributed by atoms with Crippen molar-refractivity contribution in [3.63, 3.8) is 0 Å². The smallest absolute Gasteiger partial charge is 0.248 e. The molecule has 0 N–H and O–H groups in total. The molecular weight excluding hydrogens is 232 g/mol. The first kappa shape index (κ1) is 13.1. The molecule has 1 amide bonds. The van der Waals surface area contributed by atoms with Crippen molar-refractivity contribution in [3.8, 4) is 0 Å². The van der Waals surface area contributed by atoms with Gasteiger partial charge in [-0.2, -0.15) is 0 Å². The molecule has 0 radical (unpaired) electrons. The zero-order valence-corrected chi connectivity index (χ0v) is 11.0. The molecule has 1 atom stereocenters. The van der Waals surface area contributed by atoms with Crippen molar-refractivity contribution in [2.45, 2.75) is 26.1 Å². The van der Waals surface area contributed by atoms with E-state index in [0.29, 0.717) is 19.7 Å². The van der Waals surface area contributed by atoms with Crippen LogP contribution in [0.3, 0.4) is 0 Å². The molecule has 1 aromatic rings. The number of hydrogen-bond acceptors (Lipinski definition) is 3. The van der Waals surface area contributed by atoms with E-state index in [1.165, 1.54) is 0 Å². The molecule has 0 bridgehead atoms. The molecule has 0 saturated heterocycles. The lowest BCUT2D eigenvalue weighted by molar-refractivity contribution is -0.137. The fourth-order valence-electron chi connectivity index (χ4n) is 2.30. The summed E-state index contributed by atoms with van der Waals surface area (Å²) in [6.45, 7) is 4.80. The minimum atomic E-state index is 0.0110. The van der Waals surface area contributed by atoms with Gasteiger partial charge in [-0.15, -0.1) is 0 Å². The Hall–Kier alpha value is -1.33. The second-order valence-electron chi connectivity index (χ2n) is 4.44. The van der Waals surface area contributed by atoms with Gasteiger partial charge in [-0.25, -0.2) is 0 Å². The van der Waals surface area contributed by atoms with Gasteiger partial charge < -0.3 is 18.9 Å². The molecule has 1 aliphatic heterocycles. The predicted octanol–water partition coefficient (Wildman–Crippen LogP) is 0.882. The Balaban J connectivity index is 2.14. The summed E-state index contributed by atoms with van der Waals surface area (Å²) < 4.78 is 12.8. The van der Waals surface area contributed by atoms with E-state index in [0.717, 1.165) is 12.2 Å². The van der Waals surface area contributed by atoms with Crippen LogP contribution >= 0.6 is 0 Å². The van der Waals surface area contributed by atoms with Crippen LogP contribution in [0.1, 0.15) is 12.6 Å². The normalized spacial score (nSPS) is 19.4.